The number of aryl methyl sites for hydroxylation is 1. The predicted octanol–water partition coefficient (Wildman–Crippen LogP) is 4.33. The van der Waals surface area contributed by atoms with Gasteiger partial charge in [0.05, 0.1) is 0 Å². The summed E-state index contributed by atoms with van der Waals surface area (Å²) in [5, 5.41) is 6.02. The SMILES string of the molecule is Cc1csc(SC2CCC(NC(=O)CC3C=CCC3)CC2)n1. The van der Waals surface area contributed by atoms with Crippen molar-refractivity contribution < 1.29 is 4.79 Å². The molecule has 1 heterocycles. The molecule has 0 spiro atoms. The maximum absolute atomic E-state index is 12.1. The average Bonchev–Trinajstić information content (AvgIpc) is 3.13. The Balaban J connectivity index is 1.37. The molecular weight excluding hydrogens is 312 g/mol. The molecule has 2 aliphatic carbocycles. The summed E-state index contributed by atoms with van der Waals surface area (Å²) in [7, 11) is 0. The monoisotopic (exact) mass is 336 g/mol. The molecule has 3 nitrogen and oxygen atoms in total. The fourth-order valence-corrected chi connectivity index (χ4v) is 5.53. The molecule has 1 atom stereocenters. The first-order chi connectivity index (χ1) is 10.7. The number of thioether (sulfide) groups is 1. The number of amides is 1. The van der Waals surface area contributed by atoms with Gasteiger partial charge in [0.25, 0.3) is 0 Å². The molecule has 1 saturated carbocycles. The Morgan fingerprint density at radius 3 is 2.82 bits per heavy atom. The average molecular weight is 337 g/mol. The zero-order valence-corrected chi connectivity index (χ0v) is 14.7. The van der Waals surface area contributed by atoms with Crippen LogP contribution < -0.4 is 5.32 Å². The van der Waals surface area contributed by atoms with Crippen molar-refractivity contribution in [2.24, 2.45) is 5.92 Å². The lowest BCUT2D eigenvalue weighted by atomic mass is 9.94. The summed E-state index contributed by atoms with van der Waals surface area (Å²) in [6.07, 6.45) is 11.9. The van der Waals surface area contributed by atoms with Gasteiger partial charge in [0, 0.05) is 28.8 Å². The third kappa shape index (κ3) is 4.59. The van der Waals surface area contributed by atoms with Crippen LogP contribution in [0.25, 0.3) is 0 Å². The number of hydrogen-bond acceptors (Lipinski definition) is 4. The topological polar surface area (TPSA) is 42.0 Å². The van der Waals surface area contributed by atoms with Crippen molar-refractivity contribution in [3.05, 3.63) is 23.2 Å². The molecule has 5 heteroatoms. The van der Waals surface area contributed by atoms with Crippen molar-refractivity contribution >= 4 is 29.0 Å². The van der Waals surface area contributed by atoms with Crippen LogP contribution in [0.5, 0.6) is 0 Å². The summed E-state index contributed by atoms with van der Waals surface area (Å²) in [6, 6.07) is 0.382. The van der Waals surface area contributed by atoms with Crippen LogP contribution in [0, 0.1) is 12.8 Å². The molecular formula is C17H24N2OS2. The number of thiazole rings is 1. The first-order valence-corrected chi connectivity index (χ1v) is 10.00. The number of carbonyl (C=O) groups excluding carboxylic acids is 1. The Bertz CT molecular complexity index is 533. The van der Waals surface area contributed by atoms with Crippen LogP contribution in [0.1, 0.15) is 50.6 Å². The Kier molecular flexibility index (Phi) is 5.58. The minimum atomic E-state index is 0.239. The molecule has 2 aliphatic rings. The van der Waals surface area contributed by atoms with Crippen LogP contribution in [0.15, 0.2) is 21.9 Å². The summed E-state index contributed by atoms with van der Waals surface area (Å²) < 4.78 is 1.19. The van der Waals surface area contributed by atoms with E-state index in [-0.39, 0.29) is 5.91 Å². The van der Waals surface area contributed by atoms with E-state index in [0.29, 0.717) is 23.6 Å². The molecule has 0 aromatic carbocycles. The standard InChI is InChI=1S/C17H24N2OS2/c1-12-11-21-17(18-12)22-15-8-6-14(7-9-15)19-16(20)10-13-4-2-3-5-13/h2,4,11,13-15H,3,5-10H2,1H3,(H,19,20). The molecule has 0 saturated heterocycles. The van der Waals surface area contributed by atoms with Crippen molar-refractivity contribution in [2.75, 3.05) is 0 Å². The number of hydrogen-bond donors (Lipinski definition) is 1. The van der Waals surface area contributed by atoms with Gasteiger partial charge in [-0.2, -0.15) is 0 Å². The van der Waals surface area contributed by atoms with E-state index in [1.807, 2.05) is 18.7 Å². The molecule has 1 amide bonds. The van der Waals surface area contributed by atoms with E-state index in [2.05, 4.69) is 27.8 Å². The van der Waals surface area contributed by atoms with Gasteiger partial charge in [-0.3, -0.25) is 4.79 Å². The van der Waals surface area contributed by atoms with Gasteiger partial charge in [0.2, 0.25) is 5.91 Å². The number of aromatic nitrogens is 1. The van der Waals surface area contributed by atoms with E-state index in [4.69, 9.17) is 0 Å². The van der Waals surface area contributed by atoms with Gasteiger partial charge in [0.15, 0.2) is 0 Å². The summed E-state index contributed by atoms with van der Waals surface area (Å²) >= 11 is 3.67. The Morgan fingerprint density at radius 2 is 2.18 bits per heavy atom. The zero-order chi connectivity index (χ0) is 15.4. The van der Waals surface area contributed by atoms with Crippen molar-refractivity contribution in [3.8, 4) is 0 Å². The predicted molar refractivity (Wildman–Crippen MR) is 93.4 cm³/mol. The van der Waals surface area contributed by atoms with Crippen molar-refractivity contribution in [3.63, 3.8) is 0 Å². The lowest BCUT2D eigenvalue weighted by Gasteiger charge is -2.28. The molecule has 1 aromatic rings. The van der Waals surface area contributed by atoms with Gasteiger partial charge in [0.1, 0.15) is 4.34 Å². The van der Waals surface area contributed by atoms with Crippen molar-refractivity contribution in [2.45, 2.75) is 67.5 Å². The number of nitrogens with zero attached hydrogens (tertiary/aromatic N) is 1. The van der Waals surface area contributed by atoms with Gasteiger partial charge in [-0.1, -0.05) is 23.9 Å². The highest BCUT2D eigenvalue weighted by atomic mass is 32.2. The normalized spacial score (nSPS) is 28.0. The second-order valence-electron chi connectivity index (χ2n) is 6.38. The Hall–Kier alpha value is -0.810. The molecule has 1 unspecified atom stereocenters. The quantitative estimate of drug-likeness (QED) is 0.814. The van der Waals surface area contributed by atoms with Crippen molar-refractivity contribution in [1.29, 1.82) is 0 Å². The molecule has 1 fully saturated rings. The number of rotatable bonds is 5. The van der Waals surface area contributed by atoms with E-state index in [1.165, 1.54) is 17.2 Å². The van der Waals surface area contributed by atoms with E-state index >= 15 is 0 Å². The van der Waals surface area contributed by atoms with Crippen LogP contribution in [-0.2, 0) is 4.79 Å². The van der Waals surface area contributed by atoms with Crippen LogP contribution in [0.3, 0.4) is 0 Å². The number of carbonyl (C=O) groups is 1. The molecule has 1 N–H and O–H groups in total. The minimum absolute atomic E-state index is 0.239. The first-order valence-electron chi connectivity index (χ1n) is 8.24. The summed E-state index contributed by atoms with van der Waals surface area (Å²) in [5.74, 6) is 0.711. The van der Waals surface area contributed by atoms with Crippen molar-refractivity contribution in [1.82, 2.24) is 10.3 Å². The second-order valence-corrected chi connectivity index (χ2v) is 8.79. The highest BCUT2D eigenvalue weighted by Gasteiger charge is 2.24. The highest BCUT2D eigenvalue weighted by Crippen LogP contribution is 2.35. The molecule has 120 valence electrons. The molecule has 3 rings (SSSR count). The number of nitrogens with one attached hydrogen (secondary N) is 1. The van der Waals surface area contributed by atoms with Crippen LogP contribution in [-0.4, -0.2) is 22.2 Å². The minimum Gasteiger partial charge on any atom is -0.353 e. The Morgan fingerprint density at radius 1 is 1.36 bits per heavy atom. The van der Waals surface area contributed by atoms with Crippen LogP contribution in [0.4, 0.5) is 0 Å². The lowest BCUT2D eigenvalue weighted by molar-refractivity contribution is -0.122. The van der Waals surface area contributed by atoms with Gasteiger partial charge in [-0.05, 0) is 51.4 Å². The van der Waals surface area contributed by atoms with Crippen LogP contribution >= 0.6 is 23.1 Å². The summed E-state index contributed by atoms with van der Waals surface area (Å²) in [6.45, 7) is 2.05. The molecule has 1 aromatic heterocycles. The maximum atomic E-state index is 12.1. The molecule has 22 heavy (non-hydrogen) atoms. The van der Waals surface area contributed by atoms with Gasteiger partial charge in [-0.15, -0.1) is 11.3 Å². The fraction of sp³-hybridized carbons (Fsp3) is 0.647. The third-order valence-corrected chi connectivity index (χ3v) is 6.89. The van der Waals surface area contributed by atoms with Gasteiger partial charge in [-0.25, -0.2) is 4.98 Å². The van der Waals surface area contributed by atoms with E-state index in [0.717, 1.165) is 31.4 Å². The van der Waals surface area contributed by atoms with Gasteiger partial charge >= 0.3 is 0 Å². The first kappa shape index (κ1) is 16.1. The van der Waals surface area contributed by atoms with E-state index in [9.17, 15) is 4.79 Å². The zero-order valence-electron chi connectivity index (χ0n) is 13.1. The molecule has 0 aliphatic heterocycles. The summed E-state index contributed by atoms with van der Waals surface area (Å²) in [4.78, 5) is 16.6. The van der Waals surface area contributed by atoms with E-state index in [1.54, 1.807) is 11.3 Å². The smallest absolute Gasteiger partial charge is 0.220 e. The second kappa shape index (κ2) is 7.64. The molecule has 0 bridgehead atoms. The maximum Gasteiger partial charge on any atom is 0.220 e. The Labute approximate surface area is 141 Å². The van der Waals surface area contributed by atoms with Crippen LogP contribution in [0.2, 0.25) is 0 Å². The highest BCUT2D eigenvalue weighted by molar-refractivity contribution is 8.01. The van der Waals surface area contributed by atoms with Gasteiger partial charge < -0.3 is 5.32 Å². The lowest BCUT2D eigenvalue weighted by Crippen LogP contribution is -2.38. The number of allylic oxidation sites excluding steroid dienone is 2. The fourth-order valence-electron chi connectivity index (χ4n) is 3.24. The molecule has 0 radical (unpaired) electrons. The van der Waals surface area contributed by atoms with E-state index < -0.39 is 0 Å². The summed E-state index contributed by atoms with van der Waals surface area (Å²) in [5.41, 5.74) is 1.12. The largest absolute Gasteiger partial charge is 0.353 e. The third-order valence-electron chi connectivity index (χ3n) is 4.46.